The van der Waals surface area contributed by atoms with Crippen molar-refractivity contribution in [2.24, 2.45) is 5.92 Å². The van der Waals surface area contributed by atoms with Gasteiger partial charge in [0.05, 0.1) is 11.6 Å². The molecule has 2 aromatic carbocycles. The van der Waals surface area contributed by atoms with Crippen LogP contribution in [0.1, 0.15) is 36.2 Å². The first kappa shape index (κ1) is 25.9. The van der Waals surface area contributed by atoms with Crippen LogP contribution in [0.15, 0.2) is 46.9 Å². The molecule has 0 saturated heterocycles. The van der Waals surface area contributed by atoms with E-state index in [1.807, 2.05) is 13.8 Å². The number of nitriles is 1. The van der Waals surface area contributed by atoms with E-state index in [-0.39, 0.29) is 41.2 Å². The van der Waals surface area contributed by atoms with Gasteiger partial charge in [-0.1, -0.05) is 35.8 Å². The molecule has 0 fully saturated rings. The second-order valence-electron chi connectivity index (χ2n) is 8.94. The second kappa shape index (κ2) is 10.8. The molecule has 0 aliphatic carbocycles. The fourth-order valence-corrected chi connectivity index (χ4v) is 4.02. The van der Waals surface area contributed by atoms with Crippen LogP contribution in [0, 0.1) is 17.2 Å². The van der Waals surface area contributed by atoms with Crippen LogP contribution in [0.25, 0.3) is 0 Å². The summed E-state index contributed by atoms with van der Waals surface area (Å²) >= 11 is 3.36. The molecule has 1 atom stereocenters. The molecule has 3 aromatic rings. The summed E-state index contributed by atoms with van der Waals surface area (Å²) in [6.45, 7) is 3.97. The predicted molar refractivity (Wildman–Crippen MR) is 138 cm³/mol. The number of anilines is 1. The molecule has 0 radical (unpaired) electrons. The first-order chi connectivity index (χ1) is 17.6. The normalized spacial score (nSPS) is 14.2. The zero-order chi connectivity index (χ0) is 26.7. The van der Waals surface area contributed by atoms with Crippen molar-refractivity contribution in [1.29, 1.82) is 5.26 Å². The highest BCUT2D eigenvalue weighted by Gasteiger charge is 2.33. The van der Waals surface area contributed by atoms with Crippen molar-refractivity contribution in [2.45, 2.75) is 26.4 Å². The Hall–Kier alpha value is -4.17. The number of rotatable bonds is 7. The van der Waals surface area contributed by atoms with Crippen LogP contribution in [-0.2, 0) is 4.79 Å². The second-order valence-corrected chi connectivity index (χ2v) is 9.85. The van der Waals surface area contributed by atoms with Gasteiger partial charge < -0.3 is 24.4 Å². The number of nitrogens with one attached hydrogen (secondary N) is 1. The number of ether oxygens (including phenoxy) is 3. The maximum Gasteiger partial charge on any atom is 0.328 e. The van der Waals surface area contributed by atoms with Crippen LogP contribution in [0.3, 0.4) is 0 Å². The monoisotopic (exact) mass is 565 g/mol. The first-order valence-corrected chi connectivity index (χ1v) is 12.2. The molecule has 1 N–H and O–H groups in total. The molecule has 0 spiro atoms. The smallest absolute Gasteiger partial charge is 0.328 e. The van der Waals surface area contributed by atoms with Crippen molar-refractivity contribution >= 4 is 33.4 Å². The van der Waals surface area contributed by atoms with Crippen molar-refractivity contribution < 1.29 is 23.8 Å². The molecule has 1 aliphatic heterocycles. The number of carbonyl (C=O) groups excluding carboxylic acids is 2. The van der Waals surface area contributed by atoms with Crippen LogP contribution in [-0.4, -0.2) is 46.9 Å². The fraction of sp³-hybridized carbons (Fsp3) is 0.269. The summed E-state index contributed by atoms with van der Waals surface area (Å²) in [5, 5.41) is 12.1. The Morgan fingerprint density at radius 3 is 2.68 bits per heavy atom. The van der Waals surface area contributed by atoms with Gasteiger partial charge in [-0.15, -0.1) is 0 Å². The van der Waals surface area contributed by atoms with Gasteiger partial charge in [0, 0.05) is 24.1 Å². The number of fused-ring (bicyclic) bond motifs is 1. The van der Waals surface area contributed by atoms with Crippen molar-refractivity contribution in [3.05, 3.63) is 58.1 Å². The molecule has 190 valence electrons. The summed E-state index contributed by atoms with van der Waals surface area (Å²) in [4.78, 5) is 35.2. The molecular weight excluding hydrogens is 542 g/mol. The van der Waals surface area contributed by atoms with E-state index >= 15 is 0 Å². The zero-order valence-electron chi connectivity index (χ0n) is 20.6. The van der Waals surface area contributed by atoms with E-state index in [1.165, 1.54) is 11.0 Å². The van der Waals surface area contributed by atoms with Crippen LogP contribution < -0.4 is 19.5 Å². The van der Waals surface area contributed by atoms with Gasteiger partial charge >= 0.3 is 6.01 Å². The maximum atomic E-state index is 12.7. The van der Waals surface area contributed by atoms with Crippen molar-refractivity contribution in [3.63, 3.8) is 0 Å². The number of benzene rings is 2. The van der Waals surface area contributed by atoms with Gasteiger partial charge in [-0.2, -0.15) is 15.2 Å². The lowest BCUT2D eigenvalue weighted by molar-refractivity contribution is -0.124. The number of hydrogen-bond acceptors (Lipinski definition) is 8. The van der Waals surface area contributed by atoms with E-state index in [0.717, 1.165) is 0 Å². The van der Waals surface area contributed by atoms with Crippen molar-refractivity contribution in [3.8, 4) is 35.3 Å². The Morgan fingerprint density at radius 1 is 1.19 bits per heavy atom. The molecule has 0 saturated carbocycles. The number of halogens is 1. The molecule has 0 bridgehead atoms. The number of amides is 2. The lowest BCUT2D eigenvalue weighted by Gasteiger charge is -2.27. The molecule has 1 aromatic heterocycles. The van der Waals surface area contributed by atoms with Gasteiger partial charge in [0.2, 0.25) is 5.88 Å². The highest BCUT2D eigenvalue weighted by molar-refractivity contribution is 9.10. The number of hydrogen-bond donors (Lipinski definition) is 1. The number of carbonyl (C=O) groups is 2. The van der Waals surface area contributed by atoms with E-state index in [9.17, 15) is 14.9 Å². The van der Waals surface area contributed by atoms with Gasteiger partial charge in [0.25, 0.3) is 17.7 Å². The SMILES string of the molecule is CC(C)CC1Oc2nc(Oc3cccc(C(=O)N(C)C)c3)nc(Oc3cc(Br)cc(C#N)c3)c2NC1=O. The topological polar surface area (TPSA) is 127 Å². The van der Waals surface area contributed by atoms with E-state index in [0.29, 0.717) is 33.5 Å². The minimum absolute atomic E-state index is 0.0288. The Bertz CT molecular complexity index is 1400. The Kier molecular flexibility index (Phi) is 7.59. The summed E-state index contributed by atoms with van der Waals surface area (Å²) < 4.78 is 18.4. The average Bonchev–Trinajstić information content (AvgIpc) is 2.84. The molecule has 1 aliphatic rings. The summed E-state index contributed by atoms with van der Waals surface area (Å²) in [7, 11) is 3.32. The van der Waals surface area contributed by atoms with Crippen LogP contribution in [0.2, 0.25) is 0 Å². The van der Waals surface area contributed by atoms with Gasteiger partial charge in [-0.25, -0.2) is 0 Å². The molecule has 11 heteroatoms. The molecule has 2 amide bonds. The lowest BCUT2D eigenvalue weighted by Crippen LogP contribution is -2.38. The lowest BCUT2D eigenvalue weighted by atomic mass is 10.0. The van der Waals surface area contributed by atoms with E-state index in [2.05, 4.69) is 37.3 Å². The third kappa shape index (κ3) is 6.16. The van der Waals surface area contributed by atoms with E-state index in [4.69, 9.17) is 14.2 Å². The van der Waals surface area contributed by atoms with Gasteiger partial charge in [-0.05, 0) is 48.7 Å². The van der Waals surface area contributed by atoms with Gasteiger partial charge in [-0.3, -0.25) is 9.59 Å². The number of aromatic nitrogens is 2. The molecular formula is C26H24BrN5O5. The molecule has 4 rings (SSSR count). The van der Waals surface area contributed by atoms with Gasteiger partial charge in [0.1, 0.15) is 11.5 Å². The quantitative estimate of drug-likeness (QED) is 0.417. The summed E-state index contributed by atoms with van der Waals surface area (Å²) in [6, 6.07) is 13.4. The van der Waals surface area contributed by atoms with Crippen LogP contribution >= 0.6 is 15.9 Å². The minimum atomic E-state index is -0.750. The summed E-state index contributed by atoms with van der Waals surface area (Å²) in [5.41, 5.74) is 0.936. The summed E-state index contributed by atoms with van der Waals surface area (Å²) in [6.07, 6.45) is -0.270. The third-order valence-corrected chi connectivity index (χ3v) is 5.67. The van der Waals surface area contributed by atoms with Crippen LogP contribution in [0.5, 0.6) is 29.3 Å². The zero-order valence-corrected chi connectivity index (χ0v) is 22.2. The first-order valence-electron chi connectivity index (χ1n) is 11.4. The molecule has 37 heavy (non-hydrogen) atoms. The minimum Gasteiger partial charge on any atom is -0.462 e. The average molecular weight is 566 g/mol. The largest absolute Gasteiger partial charge is 0.462 e. The highest BCUT2D eigenvalue weighted by atomic mass is 79.9. The summed E-state index contributed by atoms with van der Waals surface area (Å²) in [5.74, 6) is 0.353. The van der Waals surface area contributed by atoms with E-state index in [1.54, 1.807) is 50.5 Å². The molecule has 2 heterocycles. The van der Waals surface area contributed by atoms with Crippen molar-refractivity contribution in [1.82, 2.24) is 14.9 Å². The highest BCUT2D eigenvalue weighted by Crippen LogP contribution is 2.41. The third-order valence-electron chi connectivity index (χ3n) is 5.21. The van der Waals surface area contributed by atoms with Crippen LogP contribution in [0.4, 0.5) is 5.69 Å². The number of nitrogens with zero attached hydrogens (tertiary/aromatic N) is 4. The van der Waals surface area contributed by atoms with Crippen molar-refractivity contribution in [2.75, 3.05) is 19.4 Å². The maximum absolute atomic E-state index is 12.7. The Morgan fingerprint density at radius 2 is 1.97 bits per heavy atom. The molecule has 10 nitrogen and oxygen atoms in total. The molecule has 1 unspecified atom stereocenters. The Labute approximate surface area is 222 Å². The predicted octanol–water partition coefficient (Wildman–Crippen LogP) is 5.14. The fourth-order valence-electron chi connectivity index (χ4n) is 3.54. The van der Waals surface area contributed by atoms with E-state index < -0.39 is 6.10 Å². The standard InChI is InChI=1S/C26H24BrN5O5/c1-14(2)8-20-22(33)29-21-23(35-19-10-15(13-28)9-17(27)12-19)30-26(31-24(21)37-20)36-18-7-5-6-16(11-18)25(34)32(3)4/h5-7,9-12,14,20H,8H2,1-4H3,(H,29,33). The Balaban J connectivity index is 1.74. The van der Waals surface area contributed by atoms with Gasteiger partial charge in [0.15, 0.2) is 11.8 Å².